The van der Waals surface area contributed by atoms with Crippen LogP contribution in [-0.2, 0) is 0 Å². The average molecular weight is 308 g/mol. The molecule has 0 amide bonds. The molecule has 3 aromatic carbocycles. The number of pyridine rings is 1. The summed E-state index contributed by atoms with van der Waals surface area (Å²) < 4.78 is 0. The maximum Gasteiger partial charge on any atom is 0.0710 e. The van der Waals surface area contributed by atoms with E-state index in [9.17, 15) is 0 Å². The first-order valence-electron chi connectivity index (χ1n) is 8.16. The number of nitrogens with zero attached hydrogens (tertiary/aromatic N) is 1. The lowest BCUT2D eigenvalue weighted by molar-refractivity contribution is 0.950. The molecule has 0 saturated carbocycles. The van der Waals surface area contributed by atoms with Gasteiger partial charge < -0.3 is 5.73 Å². The molecule has 2 N–H and O–H groups in total. The molecule has 5 rings (SSSR count). The van der Waals surface area contributed by atoms with Gasteiger partial charge >= 0.3 is 0 Å². The molecule has 0 radical (unpaired) electrons. The predicted octanol–water partition coefficient (Wildman–Crippen LogP) is 4.94. The van der Waals surface area contributed by atoms with Crippen molar-refractivity contribution in [2.45, 2.75) is 6.04 Å². The van der Waals surface area contributed by atoms with Crippen LogP contribution in [0, 0.1) is 0 Å². The van der Waals surface area contributed by atoms with Crippen molar-refractivity contribution in [2.24, 2.45) is 5.73 Å². The summed E-state index contributed by atoms with van der Waals surface area (Å²) in [5, 5.41) is 2.31. The van der Waals surface area contributed by atoms with E-state index in [1.54, 1.807) is 0 Å². The zero-order valence-electron chi connectivity index (χ0n) is 13.1. The lowest BCUT2D eigenvalue weighted by Crippen LogP contribution is -2.09. The molecule has 0 saturated heterocycles. The number of para-hydroxylation sites is 1. The topological polar surface area (TPSA) is 38.9 Å². The van der Waals surface area contributed by atoms with Gasteiger partial charge in [0.25, 0.3) is 0 Å². The average Bonchev–Trinajstić information content (AvgIpc) is 2.97. The third-order valence-electron chi connectivity index (χ3n) is 4.83. The fourth-order valence-electron chi connectivity index (χ4n) is 3.57. The molecule has 1 aliphatic carbocycles. The molecule has 24 heavy (non-hydrogen) atoms. The molecule has 1 atom stereocenters. The van der Waals surface area contributed by atoms with Crippen LogP contribution in [0.15, 0.2) is 72.8 Å². The van der Waals surface area contributed by atoms with E-state index in [-0.39, 0.29) is 6.04 Å². The van der Waals surface area contributed by atoms with Crippen LogP contribution >= 0.6 is 0 Å². The van der Waals surface area contributed by atoms with Crippen LogP contribution in [0.4, 0.5) is 0 Å². The Morgan fingerprint density at radius 3 is 2.46 bits per heavy atom. The summed E-state index contributed by atoms with van der Waals surface area (Å²) in [6, 6.07) is 25.1. The van der Waals surface area contributed by atoms with E-state index in [4.69, 9.17) is 10.7 Å². The lowest BCUT2D eigenvalue weighted by atomic mass is 9.97. The summed E-state index contributed by atoms with van der Waals surface area (Å²) >= 11 is 0. The van der Waals surface area contributed by atoms with Crippen molar-refractivity contribution in [3.05, 3.63) is 89.5 Å². The van der Waals surface area contributed by atoms with Crippen LogP contribution in [0.5, 0.6) is 0 Å². The van der Waals surface area contributed by atoms with Gasteiger partial charge in [-0.2, -0.15) is 0 Å². The van der Waals surface area contributed by atoms with Gasteiger partial charge in [-0.1, -0.05) is 48.5 Å². The second kappa shape index (κ2) is 5.02. The van der Waals surface area contributed by atoms with Gasteiger partial charge in [0.05, 0.1) is 17.1 Å². The normalized spacial score (nSPS) is 16.4. The molecule has 1 unspecified atom stereocenters. The van der Waals surface area contributed by atoms with Gasteiger partial charge in [0, 0.05) is 10.8 Å². The highest BCUT2D eigenvalue weighted by atomic mass is 14.7. The van der Waals surface area contributed by atoms with Gasteiger partial charge in [-0.3, -0.25) is 0 Å². The molecule has 2 nitrogen and oxygen atoms in total. The Morgan fingerprint density at radius 1 is 0.750 bits per heavy atom. The van der Waals surface area contributed by atoms with E-state index in [2.05, 4.69) is 60.7 Å². The lowest BCUT2D eigenvalue weighted by Gasteiger charge is -2.12. The molecule has 0 bridgehead atoms. The van der Waals surface area contributed by atoms with Gasteiger partial charge in [0.15, 0.2) is 0 Å². The highest BCUT2D eigenvalue weighted by Crippen LogP contribution is 2.39. The van der Waals surface area contributed by atoms with Crippen LogP contribution in [-0.4, -0.2) is 4.98 Å². The SMILES string of the molecule is NC1C(c2ccc3nc4ccccc4cc3c2)=Cc2ccccc21. The van der Waals surface area contributed by atoms with Crippen LogP contribution in [0.25, 0.3) is 33.5 Å². The largest absolute Gasteiger partial charge is 0.320 e. The number of nitrogens with two attached hydrogens (primary N) is 1. The quantitative estimate of drug-likeness (QED) is 0.506. The molecule has 0 fully saturated rings. The van der Waals surface area contributed by atoms with Crippen molar-refractivity contribution in [3.8, 4) is 0 Å². The number of hydrogen-bond acceptors (Lipinski definition) is 2. The number of aromatic nitrogens is 1. The standard InChI is InChI=1S/C22H16N2/c23-22-18-7-3-1-5-14(18)13-19(22)15-9-10-21-17(11-15)12-16-6-2-4-8-20(16)24-21/h1-13,22H,23H2. The van der Waals surface area contributed by atoms with Crippen LogP contribution < -0.4 is 5.73 Å². The van der Waals surface area contributed by atoms with Gasteiger partial charge in [0.1, 0.15) is 0 Å². The molecule has 0 aliphatic heterocycles. The maximum atomic E-state index is 6.47. The van der Waals surface area contributed by atoms with E-state index in [0.29, 0.717) is 0 Å². The number of fused-ring (bicyclic) bond motifs is 3. The fourth-order valence-corrected chi connectivity index (χ4v) is 3.57. The first kappa shape index (κ1) is 13.5. The van der Waals surface area contributed by atoms with Crippen molar-refractivity contribution >= 4 is 33.5 Å². The fraction of sp³-hybridized carbons (Fsp3) is 0.0455. The Labute approximate surface area is 140 Å². The molecule has 1 aliphatic rings. The van der Waals surface area contributed by atoms with Crippen LogP contribution in [0.3, 0.4) is 0 Å². The Balaban J connectivity index is 1.67. The van der Waals surface area contributed by atoms with Gasteiger partial charge in [0.2, 0.25) is 0 Å². The summed E-state index contributed by atoms with van der Waals surface area (Å²) in [6.45, 7) is 0. The number of hydrogen-bond donors (Lipinski definition) is 1. The van der Waals surface area contributed by atoms with Crippen LogP contribution in [0.2, 0.25) is 0 Å². The Hall–Kier alpha value is -2.97. The molecular formula is C22H16N2. The Morgan fingerprint density at radius 2 is 1.54 bits per heavy atom. The first-order valence-corrected chi connectivity index (χ1v) is 8.16. The summed E-state index contributed by atoms with van der Waals surface area (Å²) in [4.78, 5) is 4.75. The summed E-state index contributed by atoms with van der Waals surface area (Å²) in [7, 11) is 0. The summed E-state index contributed by atoms with van der Waals surface area (Å²) in [5.74, 6) is 0. The Bertz CT molecular complexity index is 1130. The summed E-state index contributed by atoms with van der Waals surface area (Å²) in [6.07, 6.45) is 2.20. The van der Waals surface area contributed by atoms with Crippen LogP contribution in [0.1, 0.15) is 22.7 Å². The third-order valence-corrected chi connectivity index (χ3v) is 4.83. The van der Waals surface area contributed by atoms with Gasteiger partial charge in [-0.05, 0) is 52.6 Å². The van der Waals surface area contributed by atoms with Gasteiger partial charge in [-0.15, -0.1) is 0 Å². The molecular weight excluding hydrogens is 292 g/mol. The second-order valence-corrected chi connectivity index (χ2v) is 6.29. The van der Waals surface area contributed by atoms with Crippen molar-refractivity contribution in [1.29, 1.82) is 0 Å². The van der Waals surface area contributed by atoms with Gasteiger partial charge in [-0.25, -0.2) is 4.98 Å². The van der Waals surface area contributed by atoms with E-state index < -0.39 is 0 Å². The van der Waals surface area contributed by atoms with E-state index in [0.717, 1.165) is 21.8 Å². The predicted molar refractivity (Wildman–Crippen MR) is 100 cm³/mol. The minimum Gasteiger partial charge on any atom is -0.320 e. The Kier molecular flexibility index (Phi) is 2.81. The molecule has 1 heterocycles. The minimum absolute atomic E-state index is 0.0629. The molecule has 2 heteroatoms. The molecule has 114 valence electrons. The highest BCUT2D eigenvalue weighted by molar-refractivity contribution is 5.97. The number of benzene rings is 3. The van der Waals surface area contributed by atoms with Crippen molar-refractivity contribution in [1.82, 2.24) is 4.98 Å². The monoisotopic (exact) mass is 308 g/mol. The van der Waals surface area contributed by atoms with Crippen molar-refractivity contribution in [3.63, 3.8) is 0 Å². The first-order chi connectivity index (χ1) is 11.8. The van der Waals surface area contributed by atoms with E-state index >= 15 is 0 Å². The second-order valence-electron chi connectivity index (χ2n) is 6.29. The van der Waals surface area contributed by atoms with E-state index in [1.807, 2.05) is 18.2 Å². The van der Waals surface area contributed by atoms with Crippen molar-refractivity contribution in [2.75, 3.05) is 0 Å². The van der Waals surface area contributed by atoms with Crippen molar-refractivity contribution < 1.29 is 0 Å². The van der Waals surface area contributed by atoms with E-state index in [1.165, 1.54) is 22.3 Å². The minimum atomic E-state index is -0.0629. The maximum absolute atomic E-state index is 6.47. The third kappa shape index (κ3) is 1.97. The number of rotatable bonds is 1. The summed E-state index contributed by atoms with van der Waals surface area (Å²) in [5.41, 5.74) is 13.3. The molecule has 4 aromatic rings. The smallest absolute Gasteiger partial charge is 0.0710 e. The molecule has 0 spiro atoms. The zero-order valence-corrected chi connectivity index (χ0v) is 13.1. The zero-order chi connectivity index (χ0) is 16.1. The molecule has 1 aromatic heterocycles. The highest BCUT2D eigenvalue weighted by Gasteiger charge is 2.22.